The number of unbranched alkanes of at least 4 members (excludes halogenated alkanes) is 42. The first kappa shape index (κ1) is 83.7. The number of carbonyl (C=O) groups is 3. The number of quaternary nitrogens is 1. The zero-order valence-electron chi connectivity index (χ0n) is 57.9. The molecule has 506 valence electrons. The van der Waals surface area contributed by atoms with Crippen molar-refractivity contribution in [1.29, 1.82) is 0 Å². The Morgan fingerprint density at radius 1 is 0.345 bits per heavy atom. The van der Waals surface area contributed by atoms with Crippen LogP contribution in [0.4, 0.5) is 0 Å². The van der Waals surface area contributed by atoms with E-state index in [0.717, 1.165) is 57.8 Å². The molecule has 0 saturated carbocycles. The lowest BCUT2D eigenvalue weighted by atomic mass is 10.0. The van der Waals surface area contributed by atoms with E-state index in [1.165, 1.54) is 257 Å². The number of hydrogen-bond donors (Lipinski definition) is 0. The number of rotatable bonds is 69. The fraction of sp³-hybridized carbons (Fsp3) is 0.808. The smallest absolute Gasteiger partial charge is 0.306 e. The number of carbonyl (C=O) groups excluding carboxylic acids is 3. The van der Waals surface area contributed by atoms with Crippen LogP contribution in [-0.4, -0.2) is 82.3 Å². The van der Waals surface area contributed by atoms with Crippen LogP contribution in [0.3, 0.4) is 0 Å². The molecule has 0 aromatic rings. The Kier molecular flexibility index (Phi) is 66.1. The van der Waals surface area contributed by atoms with Crippen molar-refractivity contribution in [2.45, 2.75) is 360 Å². The molecule has 0 fully saturated rings. The van der Waals surface area contributed by atoms with Gasteiger partial charge in [0.1, 0.15) is 13.2 Å². The van der Waals surface area contributed by atoms with Crippen molar-refractivity contribution in [2.75, 3.05) is 47.5 Å². The molecule has 0 saturated heterocycles. The van der Waals surface area contributed by atoms with Gasteiger partial charge in [-0.25, -0.2) is 0 Å². The molecular formula is C78H141NO8. The van der Waals surface area contributed by atoms with Crippen LogP contribution in [0.1, 0.15) is 348 Å². The quantitative estimate of drug-likeness (QED) is 0.0195. The highest BCUT2D eigenvalue weighted by Gasteiger charge is 2.22. The molecule has 2 unspecified atom stereocenters. The summed E-state index contributed by atoms with van der Waals surface area (Å²) < 4.78 is 22.8. The number of hydrogen-bond acceptors (Lipinski definition) is 8. The lowest BCUT2D eigenvalue weighted by molar-refractivity contribution is -0.870. The van der Waals surface area contributed by atoms with Crippen LogP contribution >= 0.6 is 0 Å². The largest absolute Gasteiger partial charge is 0.545 e. The Hall–Kier alpha value is -3.27. The van der Waals surface area contributed by atoms with Gasteiger partial charge in [0.15, 0.2) is 12.4 Å². The van der Waals surface area contributed by atoms with Crippen LogP contribution in [0.5, 0.6) is 0 Å². The Labute approximate surface area is 538 Å². The summed E-state index contributed by atoms with van der Waals surface area (Å²) in [6.45, 7) is 4.76. The second-order valence-corrected chi connectivity index (χ2v) is 26.2. The first-order valence-electron chi connectivity index (χ1n) is 37.1. The van der Waals surface area contributed by atoms with E-state index in [1.807, 2.05) is 21.1 Å². The molecule has 87 heavy (non-hydrogen) atoms. The first-order valence-corrected chi connectivity index (χ1v) is 37.1. The summed E-state index contributed by atoms with van der Waals surface area (Å²) in [5.74, 6) is -2.27. The Bertz CT molecular complexity index is 1660. The molecule has 0 aliphatic rings. The van der Waals surface area contributed by atoms with Gasteiger partial charge in [-0.05, 0) is 89.9 Å². The van der Waals surface area contributed by atoms with E-state index in [-0.39, 0.29) is 38.6 Å². The van der Waals surface area contributed by atoms with Crippen LogP contribution in [0.15, 0.2) is 72.9 Å². The van der Waals surface area contributed by atoms with Crippen molar-refractivity contribution in [3.63, 3.8) is 0 Å². The molecule has 0 aliphatic carbocycles. The van der Waals surface area contributed by atoms with Crippen LogP contribution in [0.25, 0.3) is 0 Å². The highest BCUT2D eigenvalue weighted by molar-refractivity contribution is 5.70. The molecule has 0 spiro atoms. The fourth-order valence-electron chi connectivity index (χ4n) is 10.7. The number of nitrogens with zero attached hydrogens (tertiary/aromatic N) is 1. The third-order valence-electron chi connectivity index (χ3n) is 16.4. The van der Waals surface area contributed by atoms with Gasteiger partial charge in [-0.3, -0.25) is 9.59 Å². The average Bonchev–Trinajstić information content (AvgIpc) is 3.57. The lowest BCUT2D eigenvalue weighted by Crippen LogP contribution is -2.44. The van der Waals surface area contributed by atoms with Gasteiger partial charge in [0.05, 0.1) is 40.3 Å². The number of esters is 2. The highest BCUT2D eigenvalue weighted by atomic mass is 16.7. The number of ether oxygens (including phenoxy) is 4. The molecule has 0 aliphatic heterocycles. The van der Waals surface area contributed by atoms with E-state index >= 15 is 0 Å². The molecule has 0 bridgehead atoms. The number of likely N-dealkylation sites (N-methyl/N-ethyl adjacent to an activating group) is 1. The number of aliphatic carboxylic acids is 1. The van der Waals surface area contributed by atoms with Crippen LogP contribution < -0.4 is 5.11 Å². The van der Waals surface area contributed by atoms with E-state index in [2.05, 4.69) is 86.8 Å². The molecule has 0 radical (unpaired) electrons. The van der Waals surface area contributed by atoms with E-state index in [9.17, 15) is 19.5 Å². The van der Waals surface area contributed by atoms with Crippen LogP contribution in [-0.2, 0) is 33.3 Å². The molecule has 0 aromatic carbocycles. The molecule has 2 atom stereocenters. The van der Waals surface area contributed by atoms with Gasteiger partial charge in [0.2, 0.25) is 0 Å². The lowest BCUT2D eigenvalue weighted by Gasteiger charge is -2.26. The summed E-state index contributed by atoms with van der Waals surface area (Å²) in [5, 5.41) is 11.8. The minimum absolute atomic E-state index is 0.147. The zero-order chi connectivity index (χ0) is 63.3. The first-order chi connectivity index (χ1) is 42.6. The molecule has 9 heteroatoms. The molecule has 0 rings (SSSR count). The summed E-state index contributed by atoms with van der Waals surface area (Å²) in [6.07, 6.45) is 88.6. The average molecular weight is 1220 g/mol. The molecule has 0 aromatic heterocycles. The summed E-state index contributed by atoms with van der Waals surface area (Å²) in [7, 11) is 5.94. The third-order valence-corrected chi connectivity index (χ3v) is 16.4. The molecule has 0 heterocycles. The van der Waals surface area contributed by atoms with Crippen molar-refractivity contribution < 1.29 is 42.9 Å². The van der Waals surface area contributed by atoms with Crippen molar-refractivity contribution in [3.05, 3.63) is 72.9 Å². The summed E-state index contributed by atoms with van der Waals surface area (Å²) in [5.41, 5.74) is 0. The topological polar surface area (TPSA) is 111 Å². The van der Waals surface area contributed by atoms with Gasteiger partial charge in [0, 0.05) is 12.8 Å². The van der Waals surface area contributed by atoms with Gasteiger partial charge in [0.25, 0.3) is 0 Å². The van der Waals surface area contributed by atoms with Gasteiger partial charge in [-0.1, -0.05) is 318 Å². The number of carboxylic acids is 1. The molecule has 0 N–H and O–H groups in total. The van der Waals surface area contributed by atoms with E-state index in [1.54, 1.807) is 0 Å². The summed E-state index contributed by atoms with van der Waals surface area (Å²) in [6, 6.07) is 0. The molecule has 0 amide bonds. The van der Waals surface area contributed by atoms with Crippen LogP contribution in [0, 0.1) is 0 Å². The summed E-state index contributed by atoms with van der Waals surface area (Å²) in [4.78, 5) is 37.5. The van der Waals surface area contributed by atoms with Gasteiger partial charge >= 0.3 is 11.9 Å². The predicted octanol–water partition coefficient (Wildman–Crippen LogP) is 21.9. The number of carboxylic acid groups (broad SMARTS) is 1. The maximum absolute atomic E-state index is 12.9. The maximum Gasteiger partial charge on any atom is 0.306 e. The van der Waals surface area contributed by atoms with Crippen molar-refractivity contribution in [2.24, 2.45) is 0 Å². The molecular weight excluding hydrogens is 1080 g/mol. The predicted molar refractivity (Wildman–Crippen MR) is 371 cm³/mol. The Balaban J connectivity index is 4.04. The SMILES string of the molecule is CCCCCCC/C=C\C/C=C\C/C=C\CCCCCCCCCCCCCCCCCCCCCCCCC(=O)OC(COC(=O)CCCCCCCCCCCC/C=C\C/C=C\C/C=C\CCCCCCC)COC(OCC[N+](C)(C)C)C(=O)[O-]. The van der Waals surface area contributed by atoms with Gasteiger partial charge < -0.3 is 33.3 Å². The highest BCUT2D eigenvalue weighted by Crippen LogP contribution is 2.18. The minimum Gasteiger partial charge on any atom is -0.545 e. The second kappa shape index (κ2) is 68.6. The van der Waals surface area contributed by atoms with Gasteiger partial charge in [-0.2, -0.15) is 0 Å². The fourth-order valence-corrected chi connectivity index (χ4v) is 10.7. The summed E-state index contributed by atoms with van der Waals surface area (Å²) >= 11 is 0. The van der Waals surface area contributed by atoms with E-state index < -0.39 is 24.3 Å². The van der Waals surface area contributed by atoms with Crippen molar-refractivity contribution in [3.8, 4) is 0 Å². The standard InChI is InChI=1S/C78H141NO8/c1-6-8-10-12-14-16-18-20-22-24-26-28-30-32-33-34-35-36-37-38-39-40-41-42-43-45-47-49-51-53-55-57-59-61-63-65-67-69-76(81)87-74(73-86-78(77(82)83)84-71-70-79(3,4)5)72-85-75(80)68-66-64-62-60-58-56-54-52-50-48-46-44-31-29-27-25-23-21-19-17-15-13-11-9-7-2/h18-21,24-27,30-32,44,74,78H,6-17,22-23,28-29,33-43,45-73H2,1-5H3/b20-18-,21-19-,26-24-,27-25-,32-30-,44-31-. The normalized spacial score (nSPS) is 13.1. The maximum atomic E-state index is 12.9. The van der Waals surface area contributed by atoms with Crippen molar-refractivity contribution in [1.82, 2.24) is 0 Å². The zero-order valence-corrected chi connectivity index (χ0v) is 57.9. The van der Waals surface area contributed by atoms with E-state index in [4.69, 9.17) is 18.9 Å². The van der Waals surface area contributed by atoms with Gasteiger partial charge in [-0.15, -0.1) is 0 Å². The third kappa shape index (κ3) is 70.1. The van der Waals surface area contributed by atoms with Crippen molar-refractivity contribution >= 4 is 17.9 Å². The Morgan fingerprint density at radius 3 is 0.920 bits per heavy atom. The van der Waals surface area contributed by atoms with E-state index in [0.29, 0.717) is 17.4 Å². The minimum atomic E-state index is -1.62. The monoisotopic (exact) mass is 1220 g/mol. The van der Waals surface area contributed by atoms with Crippen LogP contribution in [0.2, 0.25) is 0 Å². The molecule has 9 nitrogen and oxygen atoms in total. The second-order valence-electron chi connectivity index (χ2n) is 26.2. The Morgan fingerprint density at radius 2 is 0.621 bits per heavy atom. The number of allylic oxidation sites excluding steroid dienone is 12.